The lowest BCUT2D eigenvalue weighted by molar-refractivity contribution is -0.131. The van der Waals surface area contributed by atoms with Gasteiger partial charge in [0.15, 0.2) is 0 Å². The molecule has 0 spiro atoms. The molecule has 0 aliphatic rings. The molecule has 0 unspecified atom stereocenters. The summed E-state index contributed by atoms with van der Waals surface area (Å²) in [5.74, 6) is -0.737. The number of halogens is 1. The maximum Gasteiger partial charge on any atom is 0.341 e. The van der Waals surface area contributed by atoms with Gasteiger partial charge in [0.05, 0.1) is 14.2 Å². The maximum absolute atomic E-state index is 11.8. The molecular formula is C19H17ClO6. The van der Waals surface area contributed by atoms with E-state index in [2.05, 4.69) is 0 Å². The van der Waals surface area contributed by atoms with Crippen LogP contribution in [0.3, 0.4) is 0 Å². The second-order valence-corrected chi connectivity index (χ2v) is 5.60. The maximum atomic E-state index is 11.8. The minimum atomic E-state index is -1.04. The fourth-order valence-electron chi connectivity index (χ4n) is 2.23. The van der Waals surface area contributed by atoms with Crippen LogP contribution in [0.25, 0.3) is 6.08 Å². The first-order valence-corrected chi connectivity index (χ1v) is 7.91. The molecule has 1 N–H and O–H groups in total. The summed E-state index contributed by atoms with van der Waals surface area (Å²) in [7, 11) is 2.80. The third-order valence-electron chi connectivity index (χ3n) is 3.45. The van der Waals surface area contributed by atoms with E-state index in [1.54, 1.807) is 24.3 Å². The number of hydrogen-bond acceptors (Lipinski definition) is 5. The molecule has 0 aliphatic carbocycles. The molecule has 0 bridgehead atoms. The molecule has 7 heteroatoms. The van der Waals surface area contributed by atoms with Gasteiger partial charge in [-0.1, -0.05) is 17.7 Å². The highest BCUT2D eigenvalue weighted by atomic mass is 35.5. The third-order valence-corrected chi connectivity index (χ3v) is 3.69. The quantitative estimate of drug-likeness (QED) is 0.584. The van der Waals surface area contributed by atoms with Gasteiger partial charge in [-0.3, -0.25) is 0 Å². The van der Waals surface area contributed by atoms with Gasteiger partial charge in [0.25, 0.3) is 0 Å². The number of hydrogen-bond donors (Lipinski definition) is 1. The average molecular weight is 377 g/mol. The van der Waals surface area contributed by atoms with Gasteiger partial charge in [-0.2, -0.15) is 0 Å². The fourth-order valence-corrected chi connectivity index (χ4v) is 2.39. The molecule has 6 nitrogen and oxygen atoms in total. The zero-order valence-corrected chi connectivity index (χ0v) is 14.9. The van der Waals surface area contributed by atoms with Gasteiger partial charge in [-0.15, -0.1) is 0 Å². The molecule has 0 aromatic heterocycles. The number of ether oxygens (including phenoxy) is 3. The van der Waals surface area contributed by atoms with E-state index < -0.39 is 11.9 Å². The molecule has 2 aromatic rings. The standard InChI is InChI=1S/C19H17ClO6/c1-24-16-7-3-12(4-8-18(21)22)9-13(16)11-26-17-10-14(20)5-6-15(17)19(23)25-2/h3-10H,11H2,1-2H3,(H,21,22). The summed E-state index contributed by atoms with van der Waals surface area (Å²) in [5, 5.41) is 9.15. The van der Waals surface area contributed by atoms with Crippen LogP contribution in [-0.4, -0.2) is 31.3 Å². The van der Waals surface area contributed by atoms with Crippen molar-refractivity contribution in [2.24, 2.45) is 0 Å². The second kappa shape index (κ2) is 8.92. The predicted octanol–water partition coefficient (Wildman–Crippen LogP) is 3.81. The van der Waals surface area contributed by atoms with Gasteiger partial charge in [0, 0.05) is 16.7 Å². The van der Waals surface area contributed by atoms with Gasteiger partial charge in [0.1, 0.15) is 23.7 Å². The summed E-state index contributed by atoms with van der Waals surface area (Å²) in [6.45, 7) is 0.0856. The minimum Gasteiger partial charge on any atom is -0.496 e. The molecule has 26 heavy (non-hydrogen) atoms. The summed E-state index contributed by atoms with van der Waals surface area (Å²) in [6.07, 6.45) is 2.50. The lowest BCUT2D eigenvalue weighted by atomic mass is 10.1. The largest absolute Gasteiger partial charge is 0.496 e. The number of esters is 1. The van der Waals surface area contributed by atoms with Gasteiger partial charge >= 0.3 is 11.9 Å². The van der Waals surface area contributed by atoms with Crippen LogP contribution in [0.4, 0.5) is 0 Å². The lowest BCUT2D eigenvalue weighted by Crippen LogP contribution is -2.06. The molecule has 2 aromatic carbocycles. The van der Waals surface area contributed by atoms with Gasteiger partial charge < -0.3 is 19.3 Å². The molecule has 0 atom stereocenters. The molecule has 0 fully saturated rings. The number of aliphatic carboxylic acids is 1. The number of carboxylic acids is 1. The minimum absolute atomic E-state index is 0.0856. The monoisotopic (exact) mass is 376 g/mol. The Morgan fingerprint density at radius 1 is 1.12 bits per heavy atom. The molecule has 2 rings (SSSR count). The van der Waals surface area contributed by atoms with E-state index in [0.717, 1.165) is 6.08 Å². The van der Waals surface area contributed by atoms with E-state index in [1.807, 2.05) is 0 Å². The summed E-state index contributed by atoms with van der Waals surface area (Å²) < 4.78 is 15.8. The summed E-state index contributed by atoms with van der Waals surface area (Å²) in [6, 6.07) is 9.78. The zero-order valence-electron chi connectivity index (χ0n) is 14.2. The van der Waals surface area contributed by atoms with Crippen molar-refractivity contribution in [3.63, 3.8) is 0 Å². The first-order valence-electron chi connectivity index (χ1n) is 7.53. The number of carboxylic acid groups (broad SMARTS) is 1. The van der Waals surface area contributed by atoms with Crippen LogP contribution < -0.4 is 9.47 Å². The highest BCUT2D eigenvalue weighted by Gasteiger charge is 2.14. The van der Waals surface area contributed by atoms with Crippen molar-refractivity contribution in [1.29, 1.82) is 0 Å². The van der Waals surface area contributed by atoms with Gasteiger partial charge in [-0.05, 0) is 42.0 Å². The topological polar surface area (TPSA) is 82.1 Å². The van der Waals surface area contributed by atoms with Crippen molar-refractivity contribution in [2.75, 3.05) is 14.2 Å². The molecule has 0 radical (unpaired) electrons. The number of rotatable bonds is 7. The average Bonchev–Trinajstić information content (AvgIpc) is 2.64. The van der Waals surface area contributed by atoms with Crippen LogP contribution in [0.2, 0.25) is 5.02 Å². The predicted molar refractivity (Wildman–Crippen MR) is 96.8 cm³/mol. The van der Waals surface area contributed by atoms with Crippen LogP contribution in [0.5, 0.6) is 11.5 Å². The van der Waals surface area contributed by atoms with Crippen molar-refractivity contribution < 1.29 is 28.9 Å². The van der Waals surface area contributed by atoms with E-state index in [1.165, 1.54) is 32.4 Å². The van der Waals surface area contributed by atoms with E-state index in [0.29, 0.717) is 21.9 Å². The third kappa shape index (κ3) is 5.00. The SMILES string of the molecule is COC(=O)c1ccc(Cl)cc1OCc1cc(C=CC(=O)O)ccc1OC. The molecular weight excluding hydrogens is 360 g/mol. The summed E-state index contributed by atoms with van der Waals surface area (Å²) in [5.41, 5.74) is 1.60. The van der Waals surface area contributed by atoms with Crippen molar-refractivity contribution in [2.45, 2.75) is 6.61 Å². The fraction of sp³-hybridized carbons (Fsp3) is 0.158. The molecule has 0 amide bonds. The molecule has 0 saturated carbocycles. The summed E-state index contributed by atoms with van der Waals surface area (Å²) >= 11 is 5.98. The van der Waals surface area contributed by atoms with Crippen molar-refractivity contribution in [1.82, 2.24) is 0 Å². The molecule has 0 saturated heterocycles. The Morgan fingerprint density at radius 2 is 1.88 bits per heavy atom. The molecule has 0 aliphatic heterocycles. The van der Waals surface area contributed by atoms with Crippen molar-refractivity contribution in [3.8, 4) is 11.5 Å². The first kappa shape index (κ1) is 19.3. The zero-order chi connectivity index (χ0) is 19.1. The number of carbonyl (C=O) groups is 2. The number of benzene rings is 2. The summed E-state index contributed by atoms with van der Waals surface area (Å²) in [4.78, 5) is 22.5. The van der Waals surface area contributed by atoms with Crippen molar-refractivity contribution in [3.05, 3.63) is 64.2 Å². The normalized spacial score (nSPS) is 10.6. The Hall–Kier alpha value is -2.99. The molecule has 136 valence electrons. The van der Waals surface area contributed by atoms with Crippen LogP contribution >= 0.6 is 11.6 Å². The highest BCUT2D eigenvalue weighted by molar-refractivity contribution is 6.30. The van der Waals surface area contributed by atoms with E-state index in [-0.39, 0.29) is 17.9 Å². The Kier molecular flexibility index (Phi) is 6.63. The van der Waals surface area contributed by atoms with E-state index in [4.69, 9.17) is 30.9 Å². The lowest BCUT2D eigenvalue weighted by Gasteiger charge is -2.13. The van der Waals surface area contributed by atoms with Gasteiger partial charge in [-0.25, -0.2) is 9.59 Å². The first-order chi connectivity index (χ1) is 12.4. The Labute approximate surface area is 155 Å². The highest BCUT2D eigenvalue weighted by Crippen LogP contribution is 2.27. The van der Waals surface area contributed by atoms with Crippen LogP contribution in [0.15, 0.2) is 42.5 Å². The van der Waals surface area contributed by atoms with Gasteiger partial charge in [0.2, 0.25) is 0 Å². The molecule has 0 heterocycles. The Bertz CT molecular complexity index is 844. The van der Waals surface area contributed by atoms with E-state index in [9.17, 15) is 9.59 Å². The number of methoxy groups -OCH3 is 2. The number of carbonyl (C=O) groups excluding carboxylic acids is 1. The Balaban J connectivity index is 2.28. The van der Waals surface area contributed by atoms with Crippen molar-refractivity contribution >= 4 is 29.6 Å². The van der Waals surface area contributed by atoms with Crippen LogP contribution in [0, 0.1) is 0 Å². The Morgan fingerprint density at radius 3 is 2.54 bits per heavy atom. The smallest absolute Gasteiger partial charge is 0.341 e. The van der Waals surface area contributed by atoms with Crippen LogP contribution in [-0.2, 0) is 16.1 Å². The van der Waals surface area contributed by atoms with E-state index >= 15 is 0 Å². The second-order valence-electron chi connectivity index (χ2n) is 5.16. The van der Waals surface area contributed by atoms with Crippen LogP contribution in [0.1, 0.15) is 21.5 Å².